The van der Waals surface area contributed by atoms with E-state index in [1.807, 2.05) is 6.92 Å². The Morgan fingerprint density at radius 3 is 2.42 bits per heavy atom. The number of piperazine rings is 1. The number of rotatable bonds is 8. The fourth-order valence-electron chi connectivity index (χ4n) is 3.35. The summed E-state index contributed by atoms with van der Waals surface area (Å²) in [5.74, 6) is 0.529. The van der Waals surface area contributed by atoms with Crippen molar-refractivity contribution in [3.8, 4) is 0 Å². The second kappa shape index (κ2) is 9.52. The maximum Gasteiger partial charge on any atom is 0.0916 e. The quantitative estimate of drug-likeness (QED) is 0.742. The van der Waals surface area contributed by atoms with Crippen LogP contribution in [0.2, 0.25) is 0 Å². The number of β-amino-alcohol motifs (C(OH)–C–C–N with tert-alkyl or cyclic N) is 1. The number of aliphatic hydroxyl groups is 1. The van der Waals surface area contributed by atoms with Gasteiger partial charge in [-0.25, -0.2) is 0 Å². The second-order valence-electron chi connectivity index (χ2n) is 7.18. The van der Waals surface area contributed by atoms with Gasteiger partial charge in [0, 0.05) is 45.4 Å². The third-order valence-electron chi connectivity index (χ3n) is 5.00. The van der Waals surface area contributed by atoms with Crippen molar-refractivity contribution in [2.45, 2.75) is 45.8 Å². The molecule has 2 rings (SSSR count). The second-order valence-corrected chi connectivity index (χ2v) is 7.18. The molecule has 1 aromatic rings. The van der Waals surface area contributed by atoms with E-state index in [4.69, 9.17) is 4.74 Å². The van der Waals surface area contributed by atoms with Gasteiger partial charge in [-0.15, -0.1) is 0 Å². The van der Waals surface area contributed by atoms with Gasteiger partial charge in [-0.1, -0.05) is 38.1 Å². The Balaban J connectivity index is 1.81. The van der Waals surface area contributed by atoms with E-state index in [1.165, 1.54) is 5.56 Å². The third kappa shape index (κ3) is 5.55. The summed E-state index contributed by atoms with van der Waals surface area (Å²) < 4.78 is 5.46. The van der Waals surface area contributed by atoms with Crippen molar-refractivity contribution in [2.75, 3.05) is 45.9 Å². The summed E-state index contributed by atoms with van der Waals surface area (Å²) in [5, 5.41) is 10.6. The fraction of sp³-hybridized carbons (Fsp3) is 0.700. The van der Waals surface area contributed by atoms with Crippen LogP contribution in [0.4, 0.5) is 0 Å². The molecule has 0 aromatic heterocycles. The Morgan fingerprint density at radius 2 is 1.83 bits per heavy atom. The minimum absolute atomic E-state index is 0.409. The van der Waals surface area contributed by atoms with E-state index >= 15 is 0 Å². The molecule has 4 heteroatoms. The van der Waals surface area contributed by atoms with Crippen LogP contribution in [-0.2, 0) is 4.74 Å². The molecular weight excluding hydrogens is 300 g/mol. The predicted molar refractivity (Wildman–Crippen MR) is 99.5 cm³/mol. The zero-order valence-electron chi connectivity index (χ0n) is 15.7. The minimum atomic E-state index is -0.409. The fourth-order valence-corrected chi connectivity index (χ4v) is 3.35. The molecule has 1 heterocycles. The van der Waals surface area contributed by atoms with Crippen molar-refractivity contribution in [2.24, 2.45) is 0 Å². The molecule has 136 valence electrons. The molecule has 2 atom stereocenters. The molecule has 1 fully saturated rings. The highest BCUT2D eigenvalue weighted by molar-refractivity contribution is 5.26. The predicted octanol–water partition coefficient (Wildman–Crippen LogP) is 2.89. The summed E-state index contributed by atoms with van der Waals surface area (Å²) in [7, 11) is 0. The van der Waals surface area contributed by atoms with Crippen molar-refractivity contribution < 1.29 is 9.84 Å². The average molecular weight is 335 g/mol. The molecule has 0 unspecified atom stereocenters. The maximum atomic E-state index is 10.6. The lowest BCUT2D eigenvalue weighted by Crippen LogP contribution is -2.53. The van der Waals surface area contributed by atoms with Crippen LogP contribution in [0.5, 0.6) is 0 Å². The summed E-state index contributed by atoms with van der Waals surface area (Å²) in [4.78, 5) is 4.86. The smallest absolute Gasteiger partial charge is 0.0916 e. The normalized spacial score (nSPS) is 21.3. The average Bonchev–Trinajstić information content (AvgIpc) is 2.57. The van der Waals surface area contributed by atoms with Crippen LogP contribution in [0.25, 0.3) is 0 Å². The van der Waals surface area contributed by atoms with E-state index in [2.05, 4.69) is 54.8 Å². The number of hydrogen-bond acceptors (Lipinski definition) is 4. The van der Waals surface area contributed by atoms with Crippen LogP contribution in [0.1, 0.15) is 50.8 Å². The van der Waals surface area contributed by atoms with Gasteiger partial charge in [-0.2, -0.15) is 0 Å². The van der Waals surface area contributed by atoms with Crippen LogP contribution >= 0.6 is 0 Å². The van der Waals surface area contributed by atoms with Crippen LogP contribution < -0.4 is 0 Å². The summed E-state index contributed by atoms with van der Waals surface area (Å²) in [6, 6.07) is 8.92. The number of benzene rings is 1. The summed E-state index contributed by atoms with van der Waals surface area (Å²) in [6.45, 7) is 15.1. The molecule has 1 N–H and O–H groups in total. The van der Waals surface area contributed by atoms with Crippen LogP contribution in [0.15, 0.2) is 24.3 Å². The van der Waals surface area contributed by atoms with Crippen LogP contribution in [-0.4, -0.2) is 66.9 Å². The first-order valence-corrected chi connectivity index (χ1v) is 9.33. The molecule has 0 bridgehead atoms. The lowest BCUT2D eigenvalue weighted by molar-refractivity contribution is 0.0280. The molecule has 0 spiro atoms. The van der Waals surface area contributed by atoms with Crippen molar-refractivity contribution in [3.63, 3.8) is 0 Å². The Labute approximate surface area is 147 Å². The van der Waals surface area contributed by atoms with Crippen LogP contribution in [0.3, 0.4) is 0 Å². The highest BCUT2D eigenvalue weighted by Crippen LogP contribution is 2.20. The molecule has 0 amide bonds. The first-order valence-electron chi connectivity index (χ1n) is 9.33. The molecule has 4 nitrogen and oxygen atoms in total. The summed E-state index contributed by atoms with van der Waals surface area (Å²) in [6.07, 6.45) is -0.409. The van der Waals surface area contributed by atoms with E-state index in [0.29, 0.717) is 18.5 Å². The Bertz CT molecular complexity index is 475. The third-order valence-corrected chi connectivity index (χ3v) is 5.00. The monoisotopic (exact) mass is 334 g/mol. The van der Waals surface area contributed by atoms with Gasteiger partial charge in [-0.3, -0.25) is 9.80 Å². The van der Waals surface area contributed by atoms with Gasteiger partial charge in [0.2, 0.25) is 0 Å². The molecule has 0 aliphatic carbocycles. The Kier molecular flexibility index (Phi) is 7.69. The van der Waals surface area contributed by atoms with Gasteiger partial charge >= 0.3 is 0 Å². The summed E-state index contributed by atoms with van der Waals surface area (Å²) in [5.41, 5.74) is 2.34. The Hall–Kier alpha value is -0.940. The molecule has 1 aliphatic rings. The van der Waals surface area contributed by atoms with Gasteiger partial charge in [0.1, 0.15) is 0 Å². The van der Waals surface area contributed by atoms with E-state index in [-0.39, 0.29) is 0 Å². The molecule has 1 saturated heterocycles. The standard InChI is InChI=1S/C20H34N2O2/c1-5-24-13-12-22-11-10-21(14-17(22)4)15-20(23)19-8-6-18(7-9-19)16(2)3/h6-9,16-17,20,23H,5,10-15H2,1-4H3/t17-,20+/m1/s1. The Morgan fingerprint density at radius 1 is 1.17 bits per heavy atom. The SMILES string of the molecule is CCOCCN1CCN(C[C@H](O)c2ccc(C(C)C)cc2)C[C@H]1C. The zero-order chi connectivity index (χ0) is 17.5. The topological polar surface area (TPSA) is 35.9 Å². The van der Waals surface area contributed by atoms with E-state index < -0.39 is 6.10 Å². The largest absolute Gasteiger partial charge is 0.387 e. The van der Waals surface area contributed by atoms with Crippen molar-refractivity contribution >= 4 is 0 Å². The van der Waals surface area contributed by atoms with Crippen molar-refractivity contribution in [1.29, 1.82) is 0 Å². The molecule has 0 radical (unpaired) electrons. The van der Waals surface area contributed by atoms with Crippen molar-refractivity contribution in [3.05, 3.63) is 35.4 Å². The highest BCUT2D eigenvalue weighted by atomic mass is 16.5. The van der Waals surface area contributed by atoms with E-state index in [0.717, 1.165) is 45.0 Å². The molecular formula is C20H34N2O2. The lowest BCUT2D eigenvalue weighted by atomic mass is 9.99. The highest BCUT2D eigenvalue weighted by Gasteiger charge is 2.25. The molecule has 1 aromatic carbocycles. The van der Waals surface area contributed by atoms with Gasteiger partial charge in [-0.05, 0) is 30.9 Å². The van der Waals surface area contributed by atoms with Gasteiger partial charge < -0.3 is 9.84 Å². The molecule has 24 heavy (non-hydrogen) atoms. The number of aliphatic hydroxyl groups excluding tert-OH is 1. The van der Waals surface area contributed by atoms with Gasteiger partial charge in [0.05, 0.1) is 12.7 Å². The lowest BCUT2D eigenvalue weighted by Gasteiger charge is -2.40. The maximum absolute atomic E-state index is 10.6. The van der Waals surface area contributed by atoms with E-state index in [9.17, 15) is 5.11 Å². The number of hydrogen-bond donors (Lipinski definition) is 1. The molecule has 0 saturated carbocycles. The van der Waals surface area contributed by atoms with Gasteiger partial charge in [0.25, 0.3) is 0 Å². The van der Waals surface area contributed by atoms with Gasteiger partial charge in [0.15, 0.2) is 0 Å². The molecule has 1 aliphatic heterocycles. The number of nitrogens with zero attached hydrogens (tertiary/aromatic N) is 2. The first kappa shape index (κ1) is 19.4. The minimum Gasteiger partial charge on any atom is -0.387 e. The first-order chi connectivity index (χ1) is 11.5. The van der Waals surface area contributed by atoms with Crippen molar-refractivity contribution in [1.82, 2.24) is 9.80 Å². The summed E-state index contributed by atoms with van der Waals surface area (Å²) >= 11 is 0. The number of ether oxygens (including phenoxy) is 1. The van der Waals surface area contributed by atoms with Crippen LogP contribution in [0, 0.1) is 0 Å². The van der Waals surface area contributed by atoms with E-state index in [1.54, 1.807) is 0 Å². The zero-order valence-corrected chi connectivity index (χ0v) is 15.7.